The third-order valence-electron chi connectivity index (χ3n) is 5.55. The molecule has 0 bridgehead atoms. The molecule has 25 heavy (non-hydrogen) atoms. The quantitative estimate of drug-likeness (QED) is 0.853. The number of rotatable bonds is 3. The summed E-state index contributed by atoms with van der Waals surface area (Å²) in [6, 6.07) is 7.50. The first-order valence-corrected chi connectivity index (χ1v) is 8.54. The van der Waals surface area contributed by atoms with Crippen LogP contribution in [-0.4, -0.2) is 26.0 Å². The number of ether oxygens (including phenoxy) is 2. The number of hydrogen-bond acceptors (Lipinski definition) is 5. The number of nitriles is 1. The van der Waals surface area contributed by atoms with E-state index in [0.29, 0.717) is 24.3 Å². The van der Waals surface area contributed by atoms with Gasteiger partial charge in [-0.1, -0.05) is 25.3 Å². The summed E-state index contributed by atoms with van der Waals surface area (Å²) in [6.45, 7) is 0. The van der Waals surface area contributed by atoms with Crippen molar-refractivity contribution in [2.45, 2.75) is 38.0 Å². The zero-order valence-electron chi connectivity index (χ0n) is 14.5. The molecule has 1 aromatic rings. The Labute approximate surface area is 147 Å². The average molecular weight is 342 g/mol. The van der Waals surface area contributed by atoms with Crippen molar-refractivity contribution in [3.63, 3.8) is 0 Å². The fraction of sp³-hybridized carbons (Fsp3) is 0.526. The second kappa shape index (κ2) is 6.75. The summed E-state index contributed by atoms with van der Waals surface area (Å²) in [6.07, 6.45) is 4.28. The minimum atomic E-state index is -0.895. The standard InChI is InChI=1S/C19H22N2O4/c1-24-14-7-6-12(10-15(14)25-2)16-13(11-20)17(22)21-18(23)19(16)8-4-3-5-9-19/h6-7,10,13,16H,3-5,8-9H2,1-2H3,(H,21,22,23). The lowest BCUT2D eigenvalue weighted by atomic mass is 9.57. The monoisotopic (exact) mass is 342 g/mol. The lowest BCUT2D eigenvalue weighted by Crippen LogP contribution is -2.57. The number of piperidine rings is 1. The van der Waals surface area contributed by atoms with Crippen molar-refractivity contribution < 1.29 is 19.1 Å². The van der Waals surface area contributed by atoms with Gasteiger partial charge in [0.15, 0.2) is 11.5 Å². The van der Waals surface area contributed by atoms with Gasteiger partial charge >= 0.3 is 0 Å². The third kappa shape index (κ3) is 2.74. The fourth-order valence-electron chi connectivity index (χ4n) is 4.34. The number of carbonyl (C=O) groups excluding carboxylic acids is 2. The first kappa shape index (κ1) is 17.3. The molecule has 6 heteroatoms. The topological polar surface area (TPSA) is 88.4 Å². The van der Waals surface area contributed by atoms with Crippen LogP contribution in [0.4, 0.5) is 0 Å². The molecule has 6 nitrogen and oxygen atoms in total. The van der Waals surface area contributed by atoms with Crippen LogP contribution < -0.4 is 14.8 Å². The molecule has 1 aromatic carbocycles. The van der Waals surface area contributed by atoms with E-state index in [1.807, 2.05) is 6.07 Å². The van der Waals surface area contributed by atoms with Gasteiger partial charge in [-0.15, -0.1) is 0 Å². The van der Waals surface area contributed by atoms with E-state index >= 15 is 0 Å². The molecule has 1 N–H and O–H groups in total. The van der Waals surface area contributed by atoms with Crippen LogP contribution >= 0.6 is 0 Å². The Kier molecular flexibility index (Phi) is 4.67. The van der Waals surface area contributed by atoms with Crippen LogP contribution in [0.15, 0.2) is 18.2 Å². The highest BCUT2D eigenvalue weighted by molar-refractivity contribution is 6.04. The molecule has 1 saturated heterocycles. The van der Waals surface area contributed by atoms with Crippen LogP contribution in [0.2, 0.25) is 0 Å². The summed E-state index contributed by atoms with van der Waals surface area (Å²) in [7, 11) is 3.09. The molecule has 3 rings (SSSR count). The Morgan fingerprint density at radius 3 is 2.40 bits per heavy atom. The number of nitrogens with one attached hydrogen (secondary N) is 1. The summed E-state index contributed by atoms with van der Waals surface area (Å²) in [5.74, 6) is -1.02. The van der Waals surface area contributed by atoms with Crippen molar-refractivity contribution in [3.05, 3.63) is 23.8 Å². The predicted octanol–water partition coefficient (Wildman–Crippen LogP) is 2.53. The van der Waals surface area contributed by atoms with E-state index in [-0.39, 0.29) is 5.91 Å². The highest BCUT2D eigenvalue weighted by Crippen LogP contribution is 2.53. The first-order chi connectivity index (χ1) is 12.1. The second-order valence-corrected chi connectivity index (χ2v) is 6.73. The number of carbonyl (C=O) groups is 2. The van der Waals surface area contributed by atoms with Crippen LogP contribution in [0.5, 0.6) is 11.5 Å². The number of hydrogen-bond donors (Lipinski definition) is 1. The maximum Gasteiger partial charge on any atom is 0.244 e. The highest BCUT2D eigenvalue weighted by Gasteiger charge is 2.55. The van der Waals surface area contributed by atoms with E-state index in [2.05, 4.69) is 11.4 Å². The van der Waals surface area contributed by atoms with Gasteiger partial charge in [-0.25, -0.2) is 0 Å². The highest BCUT2D eigenvalue weighted by atomic mass is 16.5. The van der Waals surface area contributed by atoms with E-state index in [4.69, 9.17) is 9.47 Å². The molecule has 2 atom stereocenters. The van der Waals surface area contributed by atoms with Crippen molar-refractivity contribution in [1.82, 2.24) is 5.32 Å². The van der Waals surface area contributed by atoms with Gasteiger partial charge in [0.05, 0.1) is 25.7 Å². The molecule has 2 amide bonds. The number of nitrogens with zero attached hydrogens (tertiary/aromatic N) is 1. The summed E-state index contributed by atoms with van der Waals surface area (Å²) in [5, 5.41) is 12.1. The second-order valence-electron chi connectivity index (χ2n) is 6.73. The van der Waals surface area contributed by atoms with E-state index in [0.717, 1.165) is 24.8 Å². The van der Waals surface area contributed by atoms with Gasteiger partial charge in [-0.3, -0.25) is 14.9 Å². The van der Waals surface area contributed by atoms with Crippen LogP contribution in [0, 0.1) is 22.7 Å². The molecule has 1 heterocycles. The Morgan fingerprint density at radius 1 is 1.12 bits per heavy atom. The summed E-state index contributed by atoms with van der Waals surface area (Å²) in [5.41, 5.74) is 0.0564. The Hall–Kier alpha value is -2.55. The largest absolute Gasteiger partial charge is 0.493 e. The average Bonchev–Trinajstić information content (AvgIpc) is 2.64. The third-order valence-corrected chi connectivity index (χ3v) is 5.55. The number of methoxy groups -OCH3 is 2. The van der Waals surface area contributed by atoms with Crippen LogP contribution in [0.25, 0.3) is 0 Å². The molecule has 1 saturated carbocycles. The molecule has 2 aliphatic rings. The Bertz CT molecular complexity index is 731. The Balaban J connectivity index is 2.14. The first-order valence-electron chi connectivity index (χ1n) is 8.54. The van der Waals surface area contributed by atoms with E-state index in [1.165, 1.54) is 0 Å². The summed E-state index contributed by atoms with van der Waals surface area (Å²) >= 11 is 0. The summed E-state index contributed by atoms with van der Waals surface area (Å²) in [4.78, 5) is 25.1. The molecule has 132 valence electrons. The van der Waals surface area contributed by atoms with Gasteiger partial charge in [0, 0.05) is 5.92 Å². The number of imide groups is 1. The number of amides is 2. The smallest absolute Gasteiger partial charge is 0.244 e. The fourth-order valence-corrected chi connectivity index (χ4v) is 4.34. The molecule has 2 fully saturated rings. The van der Waals surface area contributed by atoms with Crippen LogP contribution in [0.3, 0.4) is 0 Å². The summed E-state index contributed by atoms with van der Waals surface area (Å²) < 4.78 is 10.6. The van der Waals surface area contributed by atoms with Crippen molar-refractivity contribution >= 4 is 11.8 Å². The van der Waals surface area contributed by atoms with Crippen LogP contribution in [-0.2, 0) is 9.59 Å². The molecule has 2 unspecified atom stereocenters. The molecule has 0 aromatic heterocycles. The Morgan fingerprint density at radius 2 is 1.80 bits per heavy atom. The zero-order chi connectivity index (χ0) is 18.0. The van der Waals surface area contributed by atoms with Crippen molar-refractivity contribution in [1.29, 1.82) is 5.26 Å². The van der Waals surface area contributed by atoms with E-state index in [9.17, 15) is 14.9 Å². The van der Waals surface area contributed by atoms with E-state index < -0.39 is 23.2 Å². The lowest BCUT2D eigenvalue weighted by molar-refractivity contribution is -0.148. The van der Waals surface area contributed by atoms with Gasteiger partial charge < -0.3 is 9.47 Å². The van der Waals surface area contributed by atoms with Crippen molar-refractivity contribution in [2.75, 3.05) is 14.2 Å². The maximum absolute atomic E-state index is 12.8. The van der Waals surface area contributed by atoms with Gasteiger partial charge in [0.1, 0.15) is 5.92 Å². The minimum absolute atomic E-state index is 0.247. The van der Waals surface area contributed by atoms with Crippen molar-refractivity contribution in [2.24, 2.45) is 11.3 Å². The van der Waals surface area contributed by atoms with Crippen molar-refractivity contribution in [3.8, 4) is 17.6 Å². The molecule has 0 radical (unpaired) electrons. The molecule has 1 aliphatic carbocycles. The maximum atomic E-state index is 12.8. The number of benzene rings is 1. The molecule has 1 spiro atoms. The zero-order valence-corrected chi connectivity index (χ0v) is 14.5. The van der Waals surface area contributed by atoms with Gasteiger partial charge in [-0.2, -0.15) is 5.26 Å². The van der Waals surface area contributed by atoms with Gasteiger partial charge in [0.25, 0.3) is 0 Å². The minimum Gasteiger partial charge on any atom is -0.493 e. The SMILES string of the molecule is COc1ccc(C2C(C#N)C(=O)NC(=O)C23CCCCC3)cc1OC. The van der Waals surface area contributed by atoms with Gasteiger partial charge in [-0.05, 0) is 30.5 Å². The van der Waals surface area contributed by atoms with Gasteiger partial charge in [0.2, 0.25) is 11.8 Å². The predicted molar refractivity (Wildman–Crippen MR) is 90.1 cm³/mol. The molecular weight excluding hydrogens is 320 g/mol. The lowest BCUT2D eigenvalue weighted by Gasteiger charge is -2.46. The molecule has 1 aliphatic heterocycles. The van der Waals surface area contributed by atoms with Crippen LogP contribution in [0.1, 0.15) is 43.6 Å². The molecular formula is C19H22N2O4. The normalized spacial score (nSPS) is 25.2. The van der Waals surface area contributed by atoms with E-state index in [1.54, 1.807) is 26.4 Å².